The smallest absolute Gasteiger partial charge is 0.254 e. The number of hydrogen-bond acceptors (Lipinski definition) is 3. The van der Waals surface area contributed by atoms with E-state index in [0.29, 0.717) is 23.5 Å². The molecular formula is C22H25NO3. The summed E-state index contributed by atoms with van der Waals surface area (Å²) in [5, 5.41) is 0. The lowest BCUT2D eigenvalue weighted by Crippen LogP contribution is -2.30. The van der Waals surface area contributed by atoms with Gasteiger partial charge in [-0.15, -0.1) is 6.58 Å². The summed E-state index contributed by atoms with van der Waals surface area (Å²) in [6.07, 6.45) is 4.41. The van der Waals surface area contributed by atoms with E-state index in [0.717, 1.165) is 24.9 Å². The second kappa shape index (κ2) is 8.09. The summed E-state index contributed by atoms with van der Waals surface area (Å²) >= 11 is 0. The largest absolute Gasteiger partial charge is 0.493 e. The summed E-state index contributed by atoms with van der Waals surface area (Å²) < 4.78 is 10.9. The van der Waals surface area contributed by atoms with Crippen LogP contribution in [0.1, 0.15) is 40.4 Å². The fourth-order valence-corrected chi connectivity index (χ4v) is 3.67. The van der Waals surface area contributed by atoms with Gasteiger partial charge >= 0.3 is 0 Å². The minimum atomic E-state index is 0.0302. The molecule has 26 heavy (non-hydrogen) atoms. The van der Waals surface area contributed by atoms with Crippen LogP contribution in [0.3, 0.4) is 0 Å². The number of methoxy groups -OCH3 is 2. The van der Waals surface area contributed by atoms with Gasteiger partial charge in [0.15, 0.2) is 11.5 Å². The molecule has 0 saturated carbocycles. The van der Waals surface area contributed by atoms with Crippen LogP contribution in [0.25, 0.3) is 0 Å². The minimum Gasteiger partial charge on any atom is -0.493 e. The van der Waals surface area contributed by atoms with Gasteiger partial charge in [0.25, 0.3) is 5.91 Å². The van der Waals surface area contributed by atoms with Gasteiger partial charge in [-0.05, 0) is 37.0 Å². The molecule has 2 aromatic carbocycles. The lowest BCUT2D eigenvalue weighted by Gasteiger charge is -2.26. The zero-order valence-electron chi connectivity index (χ0n) is 15.4. The molecule has 0 spiro atoms. The Morgan fingerprint density at radius 3 is 2.65 bits per heavy atom. The maximum Gasteiger partial charge on any atom is 0.254 e. The van der Waals surface area contributed by atoms with Crippen LogP contribution in [0.15, 0.2) is 55.1 Å². The molecule has 0 bridgehead atoms. The van der Waals surface area contributed by atoms with E-state index in [1.807, 2.05) is 29.2 Å². The molecule has 4 heteroatoms. The van der Waals surface area contributed by atoms with Crippen molar-refractivity contribution in [1.82, 2.24) is 4.90 Å². The quantitative estimate of drug-likeness (QED) is 0.724. The average Bonchev–Trinajstić information content (AvgIpc) is 3.17. The van der Waals surface area contributed by atoms with Gasteiger partial charge in [-0.1, -0.05) is 36.4 Å². The van der Waals surface area contributed by atoms with Crippen molar-refractivity contribution in [3.8, 4) is 11.5 Å². The number of carbonyl (C=O) groups is 1. The number of rotatable bonds is 6. The highest BCUT2D eigenvalue weighted by Crippen LogP contribution is 2.37. The van der Waals surface area contributed by atoms with E-state index >= 15 is 0 Å². The molecule has 1 saturated heterocycles. The number of nitrogens with zero attached hydrogens (tertiary/aromatic N) is 1. The molecule has 136 valence electrons. The maximum absolute atomic E-state index is 13.3. The number of likely N-dealkylation sites (tertiary alicyclic amines) is 1. The number of carbonyl (C=O) groups excluding carboxylic acids is 1. The van der Waals surface area contributed by atoms with E-state index in [1.54, 1.807) is 26.4 Å². The highest BCUT2D eigenvalue weighted by atomic mass is 16.5. The van der Waals surface area contributed by atoms with Crippen molar-refractivity contribution in [2.75, 3.05) is 20.8 Å². The molecule has 2 aromatic rings. The van der Waals surface area contributed by atoms with Gasteiger partial charge in [-0.2, -0.15) is 0 Å². The summed E-state index contributed by atoms with van der Waals surface area (Å²) in [7, 11) is 3.20. The van der Waals surface area contributed by atoms with Crippen LogP contribution in [-0.2, 0) is 6.42 Å². The Bertz CT molecular complexity index is 785. The molecule has 1 fully saturated rings. The second-order valence-corrected chi connectivity index (χ2v) is 6.43. The number of hydrogen-bond donors (Lipinski definition) is 0. The van der Waals surface area contributed by atoms with E-state index < -0.39 is 0 Å². The minimum absolute atomic E-state index is 0.0302. The summed E-state index contributed by atoms with van der Waals surface area (Å²) in [6, 6.07) is 14.0. The highest BCUT2D eigenvalue weighted by Gasteiger charge is 2.31. The number of benzene rings is 2. The standard InChI is InChI=1S/C22H25NO3/c1-4-9-17-14-18(15-20(25-2)21(17)26-3)22(24)23-13-8-12-19(23)16-10-6-5-7-11-16/h4-7,10-11,14-15,19H,1,8-9,12-13H2,2-3H3/t19-/m1/s1. The van der Waals surface area contributed by atoms with E-state index in [-0.39, 0.29) is 11.9 Å². The van der Waals surface area contributed by atoms with Crippen LogP contribution >= 0.6 is 0 Å². The van der Waals surface area contributed by atoms with Gasteiger partial charge in [0.05, 0.1) is 20.3 Å². The Balaban J connectivity index is 1.96. The lowest BCUT2D eigenvalue weighted by atomic mass is 10.0. The zero-order valence-corrected chi connectivity index (χ0v) is 15.4. The predicted octanol–water partition coefficient (Wildman–Crippen LogP) is 4.41. The van der Waals surface area contributed by atoms with Crippen molar-refractivity contribution >= 4 is 5.91 Å². The molecule has 0 radical (unpaired) electrons. The van der Waals surface area contributed by atoms with Gasteiger partial charge in [0.1, 0.15) is 0 Å². The summed E-state index contributed by atoms with van der Waals surface area (Å²) in [5.41, 5.74) is 2.72. The fourth-order valence-electron chi connectivity index (χ4n) is 3.67. The van der Waals surface area contributed by atoms with E-state index in [4.69, 9.17) is 9.47 Å². The molecule has 0 unspecified atom stereocenters. The van der Waals surface area contributed by atoms with Crippen LogP contribution in [0.2, 0.25) is 0 Å². The first kappa shape index (κ1) is 18.1. The number of amides is 1. The van der Waals surface area contributed by atoms with Crippen molar-refractivity contribution in [2.24, 2.45) is 0 Å². The normalized spacial score (nSPS) is 16.4. The monoisotopic (exact) mass is 351 g/mol. The van der Waals surface area contributed by atoms with Crippen molar-refractivity contribution in [3.05, 3.63) is 71.8 Å². The number of allylic oxidation sites excluding steroid dienone is 1. The van der Waals surface area contributed by atoms with Crippen LogP contribution in [0.4, 0.5) is 0 Å². The van der Waals surface area contributed by atoms with Crippen LogP contribution in [0, 0.1) is 0 Å². The van der Waals surface area contributed by atoms with Crippen LogP contribution < -0.4 is 9.47 Å². The molecule has 1 aliphatic rings. The lowest BCUT2D eigenvalue weighted by molar-refractivity contribution is 0.0735. The predicted molar refractivity (Wildman–Crippen MR) is 103 cm³/mol. The van der Waals surface area contributed by atoms with Gasteiger partial charge < -0.3 is 14.4 Å². The second-order valence-electron chi connectivity index (χ2n) is 6.43. The molecular weight excluding hydrogens is 326 g/mol. The van der Waals surface area contributed by atoms with E-state index in [9.17, 15) is 4.79 Å². The van der Waals surface area contributed by atoms with Crippen molar-refractivity contribution < 1.29 is 14.3 Å². The van der Waals surface area contributed by atoms with E-state index in [1.165, 1.54) is 5.56 Å². The molecule has 1 heterocycles. The SMILES string of the molecule is C=CCc1cc(C(=O)N2CCC[C@@H]2c2ccccc2)cc(OC)c1OC. The summed E-state index contributed by atoms with van der Waals surface area (Å²) in [6.45, 7) is 4.57. The number of ether oxygens (including phenoxy) is 2. The third-order valence-corrected chi connectivity index (χ3v) is 4.87. The Morgan fingerprint density at radius 2 is 2.00 bits per heavy atom. The van der Waals surface area contributed by atoms with Crippen molar-refractivity contribution in [1.29, 1.82) is 0 Å². The molecule has 0 aliphatic carbocycles. The molecule has 3 rings (SSSR count). The molecule has 1 aliphatic heterocycles. The van der Waals surface area contributed by atoms with Gasteiger partial charge in [-0.3, -0.25) is 4.79 Å². The first-order valence-corrected chi connectivity index (χ1v) is 8.91. The third-order valence-electron chi connectivity index (χ3n) is 4.87. The van der Waals surface area contributed by atoms with Crippen LogP contribution in [0.5, 0.6) is 11.5 Å². The van der Waals surface area contributed by atoms with E-state index in [2.05, 4.69) is 18.7 Å². The molecule has 1 amide bonds. The first-order valence-electron chi connectivity index (χ1n) is 8.91. The highest BCUT2D eigenvalue weighted by molar-refractivity contribution is 5.95. The average molecular weight is 351 g/mol. The Labute approximate surface area is 155 Å². The Kier molecular flexibility index (Phi) is 5.61. The van der Waals surface area contributed by atoms with Gasteiger partial charge in [0.2, 0.25) is 0 Å². The Hall–Kier alpha value is -2.75. The van der Waals surface area contributed by atoms with Crippen molar-refractivity contribution in [2.45, 2.75) is 25.3 Å². The molecule has 0 N–H and O–H groups in total. The summed E-state index contributed by atoms with van der Waals surface area (Å²) in [4.78, 5) is 15.2. The fraction of sp³-hybridized carbons (Fsp3) is 0.318. The van der Waals surface area contributed by atoms with Crippen molar-refractivity contribution in [3.63, 3.8) is 0 Å². The third kappa shape index (κ3) is 3.45. The van der Waals surface area contributed by atoms with Gasteiger partial charge in [0, 0.05) is 17.7 Å². The topological polar surface area (TPSA) is 38.8 Å². The zero-order chi connectivity index (χ0) is 18.5. The van der Waals surface area contributed by atoms with Gasteiger partial charge in [-0.25, -0.2) is 0 Å². The maximum atomic E-state index is 13.3. The molecule has 4 nitrogen and oxygen atoms in total. The molecule has 1 atom stereocenters. The summed E-state index contributed by atoms with van der Waals surface area (Å²) in [5.74, 6) is 1.26. The Morgan fingerprint density at radius 1 is 1.23 bits per heavy atom. The molecule has 0 aromatic heterocycles. The van der Waals surface area contributed by atoms with Crippen LogP contribution in [-0.4, -0.2) is 31.6 Å². The first-order chi connectivity index (χ1) is 12.7.